The normalized spacial score (nSPS) is 22.2. The summed E-state index contributed by atoms with van der Waals surface area (Å²) in [5.74, 6) is 0.379. The van der Waals surface area contributed by atoms with Gasteiger partial charge in [-0.1, -0.05) is 29.8 Å². The van der Waals surface area contributed by atoms with Gasteiger partial charge in [0.25, 0.3) is 5.91 Å². The number of hydrogen-bond acceptors (Lipinski definition) is 3. The minimum absolute atomic E-state index is 0.114. The Labute approximate surface area is 128 Å². The highest BCUT2D eigenvalue weighted by Gasteiger charge is 2.27. The van der Waals surface area contributed by atoms with Crippen molar-refractivity contribution in [3.63, 3.8) is 0 Å². The zero-order chi connectivity index (χ0) is 14.7. The van der Waals surface area contributed by atoms with Gasteiger partial charge in [-0.05, 0) is 37.0 Å². The van der Waals surface area contributed by atoms with E-state index >= 15 is 0 Å². The van der Waals surface area contributed by atoms with Gasteiger partial charge in [-0.3, -0.25) is 4.79 Å². The van der Waals surface area contributed by atoms with Crippen LogP contribution in [0, 0.1) is 5.92 Å². The molecule has 1 heterocycles. The number of anilines is 1. The summed E-state index contributed by atoms with van der Waals surface area (Å²) < 4.78 is 6.77. The topological polar surface area (TPSA) is 64.4 Å². The van der Waals surface area contributed by atoms with E-state index in [4.69, 9.17) is 10.5 Å². The van der Waals surface area contributed by atoms with Crippen LogP contribution in [0.15, 0.2) is 22.7 Å². The van der Waals surface area contributed by atoms with Gasteiger partial charge in [0.05, 0.1) is 17.8 Å². The zero-order valence-corrected chi connectivity index (χ0v) is 13.4. The lowest BCUT2D eigenvalue weighted by atomic mass is 10.0. The van der Waals surface area contributed by atoms with Gasteiger partial charge >= 0.3 is 0 Å². The first kappa shape index (κ1) is 15.3. The first-order chi connectivity index (χ1) is 9.47. The molecular weight excluding hydrogens is 320 g/mol. The Kier molecular flexibility index (Phi) is 5.05. The number of rotatable bonds is 4. The third-order valence-corrected chi connectivity index (χ3v) is 4.13. The molecule has 1 aliphatic rings. The molecule has 2 atom stereocenters. The highest BCUT2D eigenvalue weighted by molar-refractivity contribution is 9.10. The van der Waals surface area contributed by atoms with Crippen molar-refractivity contribution in [3.8, 4) is 0 Å². The smallest absolute Gasteiger partial charge is 0.253 e. The average Bonchev–Trinajstić information content (AvgIpc) is 2.85. The molecule has 0 bridgehead atoms. The Morgan fingerprint density at radius 3 is 2.85 bits per heavy atom. The fourth-order valence-corrected chi connectivity index (χ4v) is 2.79. The van der Waals surface area contributed by atoms with Crippen LogP contribution in [-0.4, -0.2) is 24.7 Å². The fraction of sp³-hybridized carbons (Fsp3) is 0.533. The molecule has 1 aromatic rings. The van der Waals surface area contributed by atoms with E-state index < -0.39 is 0 Å². The summed E-state index contributed by atoms with van der Waals surface area (Å²) in [5.41, 5.74) is 6.83. The number of carbonyl (C=O) groups excluding carboxylic acids is 1. The first-order valence-corrected chi connectivity index (χ1v) is 7.75. The van der Waals surface area contributed by atoms with E-state index in [2.05, 4.69) is 35.1 Å². The Bertz CT molecular complexity index is 491. The largest absolute Gasteiger partial charge is 0.398 e. The molecule has 0 saturated carbocycles. The van der Waals surface area contributed by atoms with Crippen LogP contribution in [-0.2, 0) is 4.74 Å². The molecule has 5 heteroatoms. The van der Waals surface area contributed by atoms with Crippen molar-refractivity contribution in [1.82, 2.24) is 5.32 Å². The Hall–Kier alpha value is -1.07. The Balaban J connectivity index is 1.87. The molecule has 4 nitrogen and oxygen atoms in total. The van der Waals surface area contributed by atoms with E-state index in [0.717, 1.165) is 17.3 Å². The average molecular weight is 341 g/mol. The third-order valence-electron chi connectivity index (χ3n) is 3.63. The molecule has 1 amide bonds. The van der Waals surface area contributed by atoms with Gasteiger partial charge in [0.2, 0.25) is 0 Å². The van der Waals surface area contributed by atoms with Gasteiger partial charge in [0, 0.05) is 16.7 Å². The molecule has 0 spiro atoms. The van der Waals surface area contributed by atoms with Crippen LogP contribution in [0.1, 0.15) is 37.0 Å². The van der Waals surface area contributed by atoms with Crippen molar-refractivity contribution in [2.24, 2.45) is 5.92 Å². The van der Waals surface area contributed by atoms with Crippen molar-refractivity contribution in [2.75, 3.05) is 12.3 Å². The lowest BCUT2D eigenvalue weighted by molar-refractivity contribution is 0.0201. The molecule has 0 radical (unpaired) electrons. The van der Waals surface area contributed by atoms with Crippen molar-refractivity contribution < 1.29 is 9.53 Å². The highest BCUT2D eigenvalue weighted by Crippen LogP contribution is 2.25. The van der Waals surface area contributed by atoms with Crippen molar-refractivity contribution in [1.29, 1.82) is 0 Å². The van der Waals surface area contributed by atoms with Gasteiger partial charge in [0.1, 0.15) is 0 Å². The number of amides is 1. The second-order valence-electron chi connectivity index (χ2n) is 5.56. The third kappa shape index (κ3) is 3.73. The lowest BCUT2D eigenvalue weighted by Gasteiger charge is -2.17. The maximum Gasteiger partial charge on any atom is 0.253 e. The van der Waals surface area contributed by atoms with Crippen LogP contribution in [0.4, 0.5) is 5.69 Å². The van der Waals surface area contributed by atoms with Crippen LogP contribution in [0.3, 0.4) is 0 Å². The van der Waals surface area contributed by atoms with Gasteiger partial charge in [-0.25, -0.2) is 0 Å². The molecule has 2 unspecified atom stereocenters. The van der Waals surface area contributed by atoms with Gasteiger partial charge in [0.15, 0.2) is 0 Å². The molecule has 2 rings (SSSR count). The molecular formula is C15H21BrN2O2. The molecule has 3 N–H and O–H groups in total. The van der Waals surface area contributed by atoms with Crippen molar-refractivity contribution in [2.45, 2.75) is 38.9 Å². The van der Waals surface area contributed by atoms with Crippen LogP contribution in [0.5, 0.6) is 0 Å². The van der Waals surface area contributed by atoms with E-state index in [1.807, 2.05) is 6.07 Å². The Morgan fingerprint density at radius 1 is 1.50 bits per heavy atom. The number of nitrogens with two attached hydrogens (primary N) is 1. The van der Waals surface area contributed by atoms with E-state index in [9.17, 15) is 4.79 Å². The number of hydrogen-bond donors (Lipinski definition) is 2. The predicted molar refractivity (Wildman–Crippen MR) is 83.6 cm³/mol. The maximum absolute atomic E-state index is 12.1. The standard InChI is InChI=1S/C15H21BrN2O2/c1-9(2)14-6-4-11(20-14)8-18-15(19)12-5-3-10(16)7-13(12)17/h3,5,7,9,11,14H,4,6,8,17H2,1-2H3,(H,18,19). The van der Waals surface area contributed by atoms with E-state index in [1.165, 1.54) is 0 Å². The molecule has 0 aliphatic carbocycles. The second kappa shape index (κ2) is 6.59. The number of ether oxygens (including phenoxy) is 1. The summed E-state index contributed by atoms with van der Waals surface area (Å²) in [5, 5.41) is 2.90. The molecule has 20 heavy (non-hydrogen) atoms. The quantitative estimate of drug-likeness (QED) is 0.828. The van der Waals surface area contributed by atoms with E-state index in [1.54, 1.807) is 12.1 Å². The van der Waals surface area contributed by atoms with Gasteiger partial charge in [-0.15, -0.1) is 0 Å². The number of nitrogens with one attached hydrogen (secondary N) is 1. The maximum atomic E-state index is 12.1. The van der Waals surface area contributed by atoms with Crippen LogP contribution in [0.25, 0.3) is 0 Å². The zero-order valence-electron chi connectivity index (χ0n) is 11.9. The summed E-state index contributed by atoms with van der Waals surface area (Å²) >= 11 is 3.33. The molecule has 0 aromatic heterocycles. The predicted octanol–water partition coefficient (Wildman–Crippen LogP) is 2.96. The SMILES string of the molecule is CC(C)C1CCC(CNC(=O)c2ccc(Br)cc2N)O1. The lowest BCUT2D eigenvalue weighted by Crippen LogP contribution is -2.33. The van der Waals surface area contributed by atoms with Gasteiger partial charge in [-0.2, -0.15) is 0 Å². The molecule has 110 valence electrons. The van der Waals surface area contributed by atoms with Crippen LogP contribution >= 0.6 is 15.9 Å². The highest BCUT2D eigenvalue weighted by atomic mass is 79.9. The summed E-state index contributed by atoms with van der Waals surface area (Å²) in [6, 6.07) is 5.27. The molecule has 1 aromatic carbocycles. The number of halogens is 1. The number of nitrogen functional groups attached to an aromatic ring is 1. The summed E-state index contributed by atoms with van der Waals surface area (Å²) in [6.45, 7) is 4.86. The minimum Gasteiger partial charge on any atom is -0.398 e. The van der Waals surface area contributed by atoms with Gasteiger partial charge < -0.3 is 15.8 Å². The molecule has 1 fully saturated rings. The summed E-state index contributed by atoms with van der Waals surface area (Å²) in [4.78, 5) is 12.1. The molecule has 1 saturated heterocycles. The van der Waals surface area contributed by atoms with Crippen LogP contribution < -0.4 is 11.1 Å². The monoisotopic (exact) mass is 340 g/mol. The van der Waals surface area contributed by atoms with Crippen molar-refractivity contribution in [3.05, 3.63) is 28.2 Å². The second-order valence-corrected chi connectivity index (χ2v) is 6.48. The summed E-state index contributed by atoms with van der Waals surface area (Å²) in [7, 11) is 0. The summed E-state index contributed by atoms with van der Waals surface area (Å²) in [6.07, 6.45) is 2.50. The number of carbonyl (C=O) groups is 1. The van der Waals surface area contributed by atoms with Crippen LogP contribution in [0.2, 0.25) is 0 Å². The number of benzene rings is 1. The van der Waals surface area contributed by atoms with E-state index in [0.29, 0.717) is 29.8 Å². The van der Waals surface area contributed by atoms with E-state index in [-0.39, 0.29) is 12.0 Å². The first-order valence-electron chi connectivity index (χ1n) is 6.96. The molecule has 1 aliphatic heterocycles. The Morgan fingerprint density at radius 2 is 2.25 bits per heavy atom. The van der Waals surface area contributed by atoms with Crippen molar-refractivity contribution >= 4 is 27.5 Å². The fourth-order valence-electron chi connectivity index (χ4n) is 2.42. The minimum atomic E-state index is -0.147.